The van der Waals surface area contributed by atoms with Crippen molar-refractivity contribution in [1.82, 2.24) is 9.62 Å². The van der Waals surface area contributed by atoms with Gasteiger partial charge in [0.2, 0.25) is 15.9 Å². The van der Waals surface area contributed by atoms with E-state index in [1.54, 1.807) is 19.9 Å². The molecule has 2 atom stereocenters. The van der Waals surface area contributed by atoms with Crippen LogP contribution in [0.1, 0.15) is 36.5 Å². The molecule has 0 bridgehead atoms. The molecule has 0 saturated carbocycles. The minimum atomic E-state index is -3.94. The van der Waals surface area contributed by atoms with E-state index < -0.39 is 22.2 Å². The van der Waals surface area contributed by atoms with Crippen LogP contribution in [-0.2, 0) is 26.2 Å². The molecule has 2 amide bonds. The summed E-state index contributed by atoms with van der Waals surface area (Å²) in [4.78, 5) is 24.9. The molecular weight excluding hydrogens is 430 g/mol. The summed E-state index contributed by atoms with van der Waals surface area (Å²) in [7, 11) is -3.94. The van der Waals surface area contributed by atoms with Gasteiger partial charge in [-0.1, -0.05) is 24.3 Å². The molecule has 32 heavy (non-hydrogen) atoms. The van der Waals surface area contributed by atoms with E-state index in [-0.39, 0.29) is 23.3 Å². The normalized spacial score (nSPS) is 20.9. The number of anilines is 1. The van der Waals surface area contributed by atoms with Crippen LogP contribution < -0.4 is 15.4 Å². The molecule has 8 nitrogen and oxygen atoms in total. The minimum Gasteiger partial charge on any atom is -0.479 e. The highest BCUT2D eigenvalue weighted by Crippen LogP contribution is 2.37. The third-order valence-corrected chi connectivity index (χ3v) is 8.07. The lowest BCUT2D eigenvalue weighted by atomic mass is 10.1. The van der Waals surface area contributed by atoms with E-state index in [1.807, 2.05) is 31.2 Å². The molecule has 2 N–H and O–H groups in total. The van der Waals surface area contributed by atoms with Crippen molar-refractivity contribution < 1.29 is 22.7 Å². The molecule has 0 aliphatic carbocycles. The number of ether oxygens (including phenoxy) is 1. The third kappa shape index (κ3) is 4.10. The monoisotopic (exact) mass is 457 g/mol. The number of sulfonamides is 1. The summed E-state index contributed by atoms with van der Waals surface area (Å²) in [5, 5.41) is 5.62. The number of carbonyl (C=O) groups is 2. The van der Waals surface area contributed by atoms with Crippen LogP contribution in [0.5, 0.6) is 5.75 Å². The first-order valence-corrected chi connectivity index (χ1v) is 12.1. The van der Waals surface area contributed by atoms with Gasteiger partial charge in [0.05, 0.1) is 10.6 Å². The van der Waals surface area contributed by atoms with Gasteiger partial charge in [0.25, 0.3) is 5.91 Å². The maximum absolute atomic E-state index is 13.5. The molecule has 0 spiro atoms. The van der Waals surface area contributed by atoms with Gasteiger partial charge in [-0.15, -0.1) is 0 Å². The van der Waals surface area contributed by atoms with Crippen LogP contribution >= 0.6 is 0 Å². The van der Waals surface area contributed by atoms with Crippen molar-refractivity contribution >= 4 is 27.5 Å². The predicted molar refractivity (Wildman–Crippen MR) is 120 cm³/mol. The number of nitrogens with one attached hydrogen (secondary N) is 2. The van der Waals surface area contributed by atoms with Crippen LogP contribution in [0.15, 0.2) is 41.3 Å². The minimum absolute atomic E-state index is 0.0817. The van der Waals surface area contributed by atoms with Gasteiger partial charge >= 0.3 is 0 Å². The van der Waals surface area contributed by atoms with Gasteiger partial charge in [-0.25, -0.2) is 8.42 Å². The van der Waals surface area contributed by atoms with E-state index in [2.05, 4.69) is 10.6 Å². The molecule has 9 heteroatoms. The molecule has 2 aromatic rings. The van der Waals surface area contributed by atoms with E-state index in [1.165, 1.54) is 10.4 Å². The van der Waals surface area contributed by atoms with Crippen molar-refractivity contribution in [3.63, 3.8) is 0 Å². The molecule has 2 heterocycles. The summed E-state index contributed by atoms with van der Waals surface area (Å²) in [6.07, 6.45) is 0.356. The van der Waals surface area contributed by atoms with Crippen LogP contribution in [0.3, 0.4) is 0 Å². The van der Waals surface area contributed by atoms with Crippen LogP contribution in [0.25, 0.3) is 0 Å². The zero-order valence-electron chi connectivity index (χ0n) is 18.3. The Bertz CT molecular complexity index is 1180. The van der Waals surface area contributed by atoms with Crippen molar-refractivity contribution in [3.8, 4) is 5.75 Å². The fourth-order valence-corrected chi connectivity index (χ4v) is 6.03. The molecule has 0 unspecified atom stereocenters. The zero-order chi connectivity index (χ0) is 23.0. The first kappa shape index (κ1) is 22.3. The van der Waals surface area contributed by atoms with Gasteiger partial charge in [0.1, 0.15) is 11.8 Å². The molecule has 2 aliphatic heterocycles. The Morgan fingerprint density at radius 3 is 2.72 bits per heavy atom. The summed E-state index contributed by atoms with van der Waals surface area (Å²) < 4.78 is 33.9. The second-order valence-electron chi connectivity index (χ2n) is 8.28. The van der Waals surface area contributed by atoms with Gasteiger partial charge in [-0.3, -0.25) is 9.59 Å². The van der Waals surface area contributed by atoms with Gasteiger partial charge in [0, 0.05) is 19.2 Å². The summed E-state index contributed by atoms with van der Waals surface area (Å²) >= 11 is 0. The van der Waals surface area contributed by atoms with E-state index in [4.69, 9.17) is 4.74 Å². The Labute approximate surface area is 188 Å². The molecule has 1 fully saturated rings. The van der Waals surface area contributed by atoms with E-state index >= 15 is 0 Å². The van der Waals surface area contributed by atoms with Crippen molar-refractivity contribution in [2.24, 2.45) is 0 Å². The van der Waals surface area contributed by atoms with Gasteiger partial charge < -0.3 is 15.4 Å². The maximum atomic E-state index is 13.5. The molecule has 2 aromatic carbocycles. The van der Waals surface area contributed by atoms with E-state index in [9.17, 15) is 18.0 Å². The summed E-state index contributed by atoms with van der Waals surface area (Å²) in [6, 6.07) is 10.0. The Morgan fingerprint density at radius 2 is 1.97 bits per heavy atom. The molecule has 170 valence electrons. The highest BCUT2D eigenvalue weighted by Gasteiger charge is 2.40. The highest BCUT2D eigenvalue weighted by atomic mass is 32.2. The number of hydrogen-bond donors (Lipinski definition) is 2. The first-order chi connectivity index (χ1) is 15.2. The van der Waals surface area contributed by atoms with Crippen molar-refractivity contribution in [2.45, 2.75) is 57.2 Å². The summed E-state index contributed by atoms with van der Waals surface area (Å²) in [5.74, 6) is -0.277. The fraction of sp³-hybridized carbons (Fsp3) is 0.391. The molecule has 1 saturated heterocycles. The number of benzene rings is 2. The van der Waals surface area contributed by atoms with E-state index in [0.717, 1.165) is 11.1 Å². The molecule has 4 rings (SSSR count). The summed E-state index contributed by atoms with van der Waals surface area (Å²) in [6.45, 7) is 5.86. The SMILES string of the molecule is Cc1ccccc1CNC(=O)[C@@H]1CCCN1S(=O)(=O)c1cc2c(cc1C)NC(=O)[C@@H](C)O2. The smallest absolute Gasteiger partial charge is 0.265 e. The van der Waals surface area contributed by atoms with Crippen LogP contribution in [-0.4, -0.2) is 43.2 Å². The lowest BCUT2D eigenvalue weighted by Gasteiger charge is -2.27. The quantitative estimate of drug-likeness (QED) is 0.718. The first-order valence-electron chi connectivity index (χ1n) is 10.6. The van der Waals surface area contributed by atoms with Crippen molar-refractivity contribution in [2.75, 3.05) is 11.9 Å². The molecule has 0 radical (unpaired) electrons. The molecular formula is C23H27N3O5S. The van der Waals surface area contributed by atoms with Crippen molar-refractivity contribution in [1.29, 1.82) is 0 Å². The number of carbonyl (C=O) groups excluding carboxylic acids is 2. The summed E-state index contributed by atoms with van der Waals surface area (Å²) in [5.41, 5.74) is 2.98. The lowest BCUT2D eigenvalue weighted by Crippen LogP contribution is -2.45. The molecule has 2 aliphatic rings. The van der Waals surface area contributed by atoms with Crippen LogP contribution in [0.4, 0.5) is 5.69 Å². The zero-order valence-corrected chi connectivity index (χ0v) is 19.2. The van der Waals surface area contributed by atoms with Crippen molar-refractivity contribution in [3.05, 3.63) is 53.1 Å². The van der Waals surface area contributed by atoms with Gasteiger partial charge in [-0.2, -0.15) is 4.31 Å². The number of aryl methyl sites for hydroxylation is 2. The largest absolute Gasteiger partial charge is 0.479 e. The highest BCUT2D eigenvalue weighted by molar-refractivity contribution is 7.89. The predicted octanol–water partition coefficient (Wildman–Crippen LogP) is 2.49. The Morgan fingerprint density at radius 1 is 1.22 bits per heavy atom. The van der Waals surface area contributed by atoms with Crippen LogP contribution in [0.2, 0.25) is 0 Å². The number of fused-ring (bicyclic) bond motifs is 1. The number of nitrogens with zero attached hydrogens (tertiary/aromatic N) is 1. The fourth-order valence-electron chi connectivity index (χ4n) is 4.15. The second kappa shape index (κ2) is 8.55. The Balaban J connectivity index is 1.57. The molecule has 0 aromatic heterocycles. The maximum Gasteiger partial charge on any atom is 0.265 e. The average Bonchev–Trinajstić information content (AvgIpc) is 3.25. The number of rotatable bonds is 5. The lowest BCUT2D eigenvalue weighted by molar-refractivity contribution is -0.124. The van der Waals surface area contributed by atoms with Gasteiger partial charge in [-0.05, 0) is 56.4 Å². The second-order valence-corrected chi connectivity index (χ2v) is 10.1. The average molecular weight is 458 g/mol. The third-order valence-electron chi connectivity index (χ3n) is 6.02. The number of amides is 2. The Hall–Kier alpha value is -2.91. The van der Waals surface area contributed by atoms with Crippen LogP contribution in [0, 0.1) is 13.8 Å². The number of hydrogen-bond acceptors (Lipinski definition) is 5. The van der Waals surface area contributed by atoms with Gasteiger partial charge in [0.15, 0.2) is 6.10 Å². The Kier molecular flexibility index (Phi) is 5.96. The van der Waals surface area contributed by atoms with E-state index in [0.29, 0.717) is 36.4 Å². The standard InChI is InChI=1S/C23H27N3O5S/c1-14-7-4-5-8-17(14)13-24-23(28)19-9-6-10-26(19)32(29,30)21-12-20-18(11-15(21)2)25-22(27)16(3)31-20/h4-5,7-8,11-12,16,19H,6,9-10,13H2,1-3H3,(H,24,28)(H,25,27)/t16-,19+/m1/s1. The topological polar surface area (TPSA) is 105 Å².